The van der Waals surface area contributed by atoms with Gasteiger partial charge in [0.25, 0.3) is 5.91 Å². The third-order valence-corrected chi connectivity index (χ3v) is 8.65. The number of aliphatic hydroxyl groups is 1. The summed E-state index contributed by atoms with van der Waals surface area (Å²) in [6, 6.07) is 6.71. The summed E-state index contributed by atoms with van der Waals surface area (Å²) in [6.07, 6.45) is 9.81. The molecule has 36 heavy (non-hydrogen) atoms. The van der Waals surface area contributed by atoms with Crippen LogP contribution in [-0.4, -0.2) is 54.8 Å². The first-order chi connectivity index (χ1) is 17.3. The Kier molecular flexibility index (Phi) is 6.74. The quantitative estimate of drug-likeness (QED) is 0.493. The van der Waals surface area contributed by atoms with Crippen LogP contribution in [0.4, 0.5) is 17.5 Å². The topological polar surface area (TPSA) is 125 Å². The molecular weight excluding hydrogens is 478 g/mol. The van der Waals surface area contributed by atoms with E-state index >= 15 is 0 Å². The van der Waals surface area contributed by atoms with Crippen molar-refractivity contribution in [1.29, 1.82) is 0 Å². The fourth-order valence-electron chi connectivity index (χ4n) is 5.10. The molecule has 10 heteroatoms. The smallest absolute Gasteiger partial charge is 0.257 e. The van der Waals surface area contributed by atoms with Gasteiger partial charge in [-0.25, -0.2) is 13.4 Å². The molecule has 2 aliphatic carbocycles. The number of nitrogens with one attached hydrogen (secondary N) is 2. The first kappa shape index (κ1) is 24.7. The lowest BCUT2D eigenvalue weighted by Crippen LogP contribution is -2.22. The Bertz CT molecular complexity index is 1300. The predicted molar refractivity (Wildman–Crippen MR) is 141 cm³/mol. The van der Waals surface area contributed by atoms with Crippen LogP contribution < -0.4 is 14.9 Å². The molecule has 1 saturated carbocycles. The van der Waals surface area contributed by atoms with Crippen LogP contribution in [-0.2, 0) is 10.0 Å². The van der Waals surface area contributed by atoms with Crippen LogP contribution in [0.1, 0.15) is 66.6 Å². The number of carbonyl (C=O) groups is 1. The third-order valence-electron chi connectivity index (χ3n) is 7.38. The number of benzene rings is 1. The van der Waals surface area contributed by atoms with Crippen LogP contribution in [0.5, 0.6) is 0 Å². The van der Waals surface area contributed by atoms with Crippen molar-refractivity contribution >= 4 is 39.0 Å². The molecule has 1 aromatic carbocycles. The summed E-state index contributed by atoms with van der Waals surface area (Å²) in [5.41, 5.74) is 3.82. The summed E-state index contributed by atoms with van der Waals surface area (Å²) in [5.74, 6) is 0.388. The Morgan fingerprint density at radius 1 is 1.14 bits per heavy atom. The monoisotopic (exact) mass is 511 g/mol. The van der Waals surface area contributed by atoms with Gasteiger partial charge in [-0.15, -0.1) is 0 Å². The van der Waals surface area contributed by atoms with Gasteiger partial charge in [-0.3, -0.25) is 9.52 Å². The van der Waals surface area contributed by atoms with Gasteiger partial charge in [0.15, 0.2) is 0 Å². The molecule has 1 aromatic heterocycles. The Morgan fingerprint density at radius 2 is 1.92 bits per heavy atom. The van der Waals surface area contributed by atoms with Crippen LogP contribution in [0.15, 0.2) is 30.3 Å². The zero-order valence-electron chi connectivity index (χ0n) is 20.6. The minimum absolute atomic E-state index is 0.298. The van der Waals surface area contributed by atoms with Gasteiger partial charge in [-0.05, 0) is 86.6 Å². The Morgan fingerprint density at radius 3 is 2.58 bits per heavy atom. The highest BCUT2D eigenvalue weighted by molar-refractivity contribution is 7.92. The zero-order chi connectivity index (χ0) is 25.3. The number of carbonyl (C=O) groups excluding carboxylic acids is 1. The first-order valence-corrected chi connectivity index (χ1v) is 14.3. The number of rotatable bonds is 8. The molecule has 2 fully saturated rings. The Labute approximate surface area is 212 Å². The van der Waals surface area contributed by atoms with Gasteiger partial charge in [-0.2, -0.15) is 4.98 Å². The van der Waals surface area contributed by atoms with E-state index in [9.17, 15) is 13.2 Å². The van der Waals surface area contributed by atoms with Crippen LogP contribution in [0, 0.1) is 12.3 Å². The summed E-state index contributed by atoms with van der Waals surface area (Å²) < 4.78 is 27.0. The van der Waals surface area contributed by atoms with Crippen molar-refractivity contribution in [2.75, 3.05) is 40.4 Å². The molecule has 1 amide bonds. The van der Waals surface area contributed by atoms with Crippen LogP contribution in [0.3, 0.4) is 0 Å². The van der Waals surface area contributed by atoms with E-state index in [4.69, 9.17) is 5.11 Å². The molecule has 9 nitrogen and oxygen atoms in total. The maximum absolute atomic E-state index is 13.5. The molecule has 3 aliphatic rings. The SMILES string of the molecule is Cc1cc(NC(=O)c2ccc(NS(=O)(=O)CCO)cc2C2=CCC3(CC2)CC3)nc(N2CCCC2)n1. The van der Waals surface area contributed by atoms with Crippen LogP contribution >= 0.6 is 0 Å². The molecular formula is C26H33N5O4S. The Balaban J connectivity index is 1.44. The lowest BCUT2D eigenvalue weighted by atomic mass is 9.83. The van der Waals surface area contributed by atoms with Crippen molar-refractivity contribution in [3.05, 3.63) is 47.2 Å². The second-order valence-corrected chi connectivity index (χ2v) is 12.0. The lowest BCUT2D eigenvalue weighted by Gasteiger charge is -2.23. The van der Waals surface area contributed by atoms with E-state index in [0.717, 1.165) is 62.0 Å². The van der Waals surface area contributed by atoms with Crippen molar-refractivity contribution in [1.82, 2.24) is 9.97 Å². The molecule has 1 saturated heterocycles. The van der Waals surface area contributed by atoms with E-state index in [0.29, 0.717) is 28.4 Å². The summed E-state index contributed by atoms with van der Waals surface area (Å²) in [6.45, 7) is 3.23. The average Bonchev–Trinajstić information content (AvgIpc) is 3.35. The highest BCUT2D eigenvalue weighted by Crippen LogP contribution is 2.56. The standard InChI is InChI=1S/C26H33N5O4S/c1-18-16-23(29-25(27-18)31-12-2-3-13-31)28-24(33)21-5-4-20(30-36(34,35)15-14-32)17-22(21)19-6-8-26(9-7-19)10-11-26/h4-6,16-17,30,32H,2-3,7-15H2,1H3,(H,27,28,29,33). The number of anilines is 3. The average molecular weight is 512 g/mol. The molecule has 2 heterocycles. The largest absolute Gasteiger partial charge is 0.395 e. The molecule has 0 bridgehead atoms. The number of aryl methyl sites for hydroxylation is 1. The second-order valence-electron chi connectivity index (χ2n) is 10.2. The van der Waals surface area contributed by atoms with Crippen LogP contribution in [0.2, 0.25) is 0 Å². The van der Waals surface area contributed by atoms with Crippen molar-refractivity contribution in [2.45, 2.75) is 51.9 Å². The Hall–Kier alpha value is -2.98. The molecule has 1 aliphatic heterocycles. The predicted octanol–water partition coefficient (Wildman–Crippen LogP) is 3.72. The number of aliphatic hydroxyl groups excluding tert-OH is 1. The first-order valence-electron chi connectivity index (χ1n) is 12.6. The molecule has 1 spiro atoms. The fourth-order valence-corrected chi connectivity index (χ4v) is 5.93. The minimum Gasteiger partial charge on any atom is -0.395 e. The van der Waals surface area contributed by atoms with Gasteiger partial charge < -0.3 is 15.3 Å². The van der Waals surface area contributed by atoms with E-state index < -0.39 is 16.6 Å². The maximum Gasteiger partial charge on any atom is 0.257 e. The molecule has 0 unspecified atom stereocenters. The molecule has 2 aromatic rings. The van der Waals surface area contributed by atoms with E-state index in [1.807, 2.05) is 6.92 Å². The van der Waals surface area contributed by atoms with Crippen molar-refractivity contribution < 1.29 is 18.3 Å². The number of hydrogen-bond acceptors (Lipinski definition) is 7. The number of amides is 1. The minimum atomic E-state index is -3.68. The number of sulfonamides is 1. The number of hydrogen-bond donors (Lipinski definition) is 3. The van der Waals surface area contributed by atoms with Gasteiger partial charge in [0.1, 0.15) is 5.82 Å². The van der Waals surface area contributed by atoms with Crippen molar-refractivity contribution in [2.24, 2.45) is 5.41 Å². The summed E-state index contributed by atoms with van der Waals surface area (Å²) in [5, 5.41) is 12.0. The van der Waals surface area contributed by atoms with Crippen LogP contribution in [0.25, 0.3) is 5.57 Å². The number of allylic oxidation sites excluding steroid dienone is 2. The van der Waals surface area contributed by atoms with E-state index in [-0.39, 0.29) is 11.7 Å². The normalized spacial score (nSPS) is 18.7. The second kappa shape index (κ2) is 9.82. The molecule has 0 radical (unpaired) electrons. The summed E-state index contributed by atoms with van der Waals surface area (Å²) >= 11 is 0. The van der Waals surface area contributed by atoms with Gasteiger partial charge in [0, 0.05) is 36.1 Å². The summed E-state index contributed by atoms with van der Waals surface area (Å²) in [4.78, 5) is 24.7. The van der Waals surface area contributed by atoms with E-state index in [2.05, 4.69) is 31.0 Å². The highest BCUT2D eigenvalue weighted by Gasteiger charge is 2.43. The summed E-state index contributed by atoms with van der Waals surface area (Å²) in [7, 11) is -3.68. The molecule has 3 N–H and O–H groups in total. The zero-order valence-corrected chi connectivity index (χ0v) is 21.4. The maximum atomic E-state index is 13.5. The molecule has 0 atom stereocenters. The van der Waals surface area contributed by atoms with Gasteiger partial charge in [0.2, 0.25) is 16.0 Å². The number of aromatic nitrogens is 2. The van der Waals surface area contributed by atoms with E-state index in [1.54, 1.807) is 24.3 Å². The fraction of sp³-hybridized carbons (Fsp3) is 0.500. The lowest BCUT2D eigenvalue weighted by molar-refractivity contribution is 0.102. The molecule has 192 valence electrons. The van der Waals surface area contributed by atoms with Gasteiger partial charge in [0.05, 0.1) is 12.4 Å². The van der Waals surface area contributed by atoms with E-state index in [1.165, 1.54) is 12.8 Å². The van der Waals surface area contributed by atoms with Crippen molar-refractivity contribution in [3.63, 3.8) is 0 Å². The van der Waals surface area contributed by atoms with Crippen molar-refractivity contribution in [3.8, 4) is 0 Å². The van der Waals surface area contributed by atoms with Gasteiger partial charge in [-0.1, -0.05) is 6.08 Å². The number of nitrogens with zero attached hydrogens (tertiary/aromatic N) is 3. The third kappa shape index (κ3) is 5.54. The highest BCUT2D eigenvalue weighted by atomic mass is 32.2. The molecule has 5 rings (SSSR count). The van der Waals surface area contributed by atoms with Gasteiger partial charge >= 0.3 is 0 Å².